The zero-order valence-corrected chi connectivity index (χ0v) is 27.4. The van der Waals surface area contributed by atoms with Crippen molar-refractivity contribution in [2.75, 3.05) is 39.3 Å². The van der Waals surface area contributed by atoms with Crippen LogP contribution in [0.15, 0.2) is 58.5 Å². The lowest BCUT2D eigenvalue weighted by molar-refractivity contribution is 0.122. The van der Waals surface area contributed by atoms with Gasteiger partial charge in [0.2, 0.25) is 0 Å². The summed E-state index contributed by atoms with van der Waals surface area (Å²) < 4.78 is 0. The molecule has 0 spiro atoms. The summed E-state index contributed by atoms with van der Waals surface area (Å²) >= 11 is 0. The van der Waals surface area contributed by atoms with E-state index in [1.54, 1.807) is 0 Å². The van der Waals surface area contributed by atoms with Crippen molar-refractivity contribution in [2.45, 2.75) is 65.5 Å². The molecule has 6 nitrogen and oxygen atoms in total. The van der Waals surface area contributed by atoms with Gasteiger partial charge in [-0.1, -0.05) is 88.1 Å². The van der Waals surface area contributed by atoms with Crippen LogP contribution >= 0.6 is 49.6 Å². The zero-order chi connectivity index (χ0) is 25.6. The zero-order valence-electron chi connectivity index (χ0n) is 24.1. The normalized spacial score (nSPS) is 14.3. The number of benzene rings is 2. The van der Waals surface area contributed by atoms with Crippen LogP contribution < -0.4 is 11.5 Å². The smallest absolute Gasteiger partial charge is 0.125 e. The molecule has 1 fully saturated rings. The minimum absolute atomic E-state index is 0. The number of aliphatic imine (C=N–C) groups is 2. The van der Waals surface area contributed by atoms with Crippen LogP contribution in [0.1, 0.15) is 74.6 Å². The van der Waals surface area contributed by atoms with Gasteiger partial charge >= 0.3 is 0 Å². The molecular weight excluding hydrogens is 586 g/mol. The summed E-state index contributed by atoms with van der Waals surface area (Å²) in [4.78, 5) is 14.1. The topological polar surface area (TPSA) is 83.2 Å². The predicted molar refractivity (Wildman–Crippen MR) is 183 cm³/mol. The van der Waals surface area contributed by atoms with Gasteiger partial charge in [-0.3, -0.25) is 19.8 Å². The monoisotopic (exact) mass is 634 g/mol. The summed E-state index contributed by atoms with van der Waals surface area (Å²) in [7, 11) is 0. The van der Waals surface area contributed by atoms with Gasteiger partial charge in [0.25, 0.3) is 0 Å². The molecule has 1 saturated heterocycles. The number of piperazine rings is 1. The van der Waals surface area contributed by atoms with Crippen LogP contribution in [0.5, 0.6) is 0 Å². The van der Waals surface area contributed by atoms with E-state index in [-0.39, 0.29) is 49.6 Å². The number of hydrogen-bond donors (Lipinski definition) is 2. The van der Waals surface area contributed by atoms with Crippen LogP contribution in [0.25, 0.3) is 0 Å². The number of amidine groups is 2. The summed E-state index contributed by atoms with van der Waals surface area (Å²) in [5.74, 6) is 1.31. The highest BCUT2D eigenvalue weighted by molar-refractivity contribution is 5.98. The Morgan fingerprint density at radius 1 is 0.575 bits per heavy atom. The third-order valence-electron chi connectivity index (χ3n) is 6.86. The van der Waals surface area contributed by atoms with Crippen molar-refractivity contribution < 1.29 is 0 Å². The van der Waals surface area contributed by atoms with E-state index in [9.17, 15) is 0 Å². The van der Waals surface area contributed by atoms with Crippen molar-refractivity contribution in [3.05, 3.63) is 70.8 Å². The van der Waals surface area contributed by atoms with Crippen LogP contribution in [-0.2, 0) is 13.1 Å². The third-order valence-corrected chi connectivity index (χ3v) is 6.86. The summed E-state index contributed by atoms with van der Waals surface area (Å²) in [5, 5.41) is 0. The SMILES string of the molecule is CCCCCN=C(N)c1ccc(CN2CCN(Cc3ccc(C(N)=NCCCCC)cc3)CC2)cc1.Cl.Cl.Cl.Cl. The van der Waals surface area contributed by atoms with Crippen LogP contribution in [0, 0.1) is 0 Å². The van der Waals surface area contributed by atoms with E-state index in [4.69, 9.17) is 11.5 Å². The lowest BCUT2D eigenvalue weighted by atomic mass is 10.1. The molecule has 0 bridgehead atoms. The van der Waals surface area contributed by atoms with Crippen LogP contribution in [-0.4, -0.2) is 60.7 Å². The highest BCUT2D eigenvalue weighted by Crippen LogP contribution is 2.14. The number of halogens is 4. The van der Waals surface area contributed by atoms with Gasteiger partial charge in [-0.2, -0.15) is 0 Å². The molecule has 0 amide bonds. The van der Waals surface area contributed by atoms with Crippen molar-refractivity contribution in [1.29, 1.82) is 0 Å². The van der Waals surface area contributed by atoms with Crippen molar-refractivity contribution in [1.82, 2.24) is 9.80 Å². The van der Waals surface area contributed by atoms with E-state index < -0.39 is 0 Å². The van der Waals surface area contributed by atoms with E-state index >= 15 is 0 Å². The minimum atomic E-state index is 0. The van der Waals surface area contributed by atoms with Gasteiger partial charge in [0.1, 0.15) is 11.7 Å². The molecule has 1 aliphatic rings. The molecule has 1 aliphatic heterocycles. The standard InChI is InChI=1S/C30H46N6.4ClH/c1-3-5-7-17-33-29(31)27-13-9-25(10-14-27)23-35-19-21-36(22-20-35)24-26-11-15-28(16-12-26)30(32)34-18-8-6-4-2;;;;/h9-16H,3-8,17-24H2,1-2H3,(H2,31,33)(H2,32,34);4*1H. The average Bonchev–Trinajstić information content (AvgIpc) is 2.91. The maximum atomic E-state index is 6.16. The van der Waals surface area contributed by atoms with Crippen molar-refractivity contribution in [3.8, 4) is 0 Å². The molecule has 2 aromatic rings. The number of nitrogens with zero attached hydrogens (tertiary/aromatic N) is 4. The molecule has 1 heterocycles. The Bertz CT molecular complexity index is 880. The minimum Gasteiger partial charge on any atom is -0.384 e. The molecule has 0 saturated carbocycles. The summed E-state index contributed by atoms with van der Waals surface area (Å²) in [5.41, 5.74) is 17.0. The van der Waals surface area contributed by atoms with Gasteiger partial charge in [0, 0.05) is 63.5 Å². The second-order valence-electron chi connectivity index (χ2n) is 9.89. The molecule has 3 rings (SSSR count). The van der Waals surface area contributed by atoms with E-state index in [0.717, 1.165) is 76.3 Å². The first kappa shape index (κ1) is 40.6. The molecule has 10 heteroatoms. The number of unbranched alkanes of at least 4 members (excludes halogenated alkanes) is 4. The first-order valence-corrected chi connectivity index (χ1v) is 13.8. The quantitative estimate of drug-likeness (QED) is 0.141. The maximum absolute atomic E-state index is 6.16. The predicted octanol–water partition coefficient (Wildman–Crippen LogP) is 6.48. The fraction of sp³-hybridized carbons (Fsp3) is 0.533. The highest BCUT2D eigenvalue weighted by atomic mass is 35.5. The molecule has 2 aromatic carbocycles. The lowest BCUT2D eigenvalue weighted by Gasteiger charge is -2.34. The van der Waals surface area contributed by atoms with E-state index in [0.29, 0.717) is 11.7 Å². The van der Waals surface area contributed by atoms with Gasteiger partial charge < -0.3 is 11.5 Å². The lowest BCUT2D eigenvalue weighted by Crippen LogP contribution is -2.45. The van der Waals surface area contributed by atoms with Gasteiger partial charge in [0.05, 0.1) is 0 Å². The molecule has 0 radical (unpaired) electrons. The van der Waals surface area contributed by atoms with Crippen molar-refractivity contribution in [3.63, 3.8) is 0 Å². The first-order valence-electron chi connectivity index (χ1n) is 13.8. The average molecular weight is 637 g/mol. The number of rotatable bonds is 14. The second-order valence-corrected chi connectivity index (χ2v) is 9.89. The van der Waals surface area contributed by atoms with E-state index in [1.165, 1.54) is 36.8 Å². The van der Waals surface area contributed by atoms with Gasteiger partial charge in [-0.05, 0) is 24.0 Å². The summed E-state index contributed by atoms with van der Waals surface area (Å²) in [6, 6.07) is 17.2. The summed E-state index contributed by atoms with van der Waals surface area (Å²) in [6.07, 6.45) is 7.04. The Hall–Kier alpha value is -1.54. The van der Waals surface area contributed by atoms with Gasteiger partial charge in [0.15, 0.2) is 0 Å². The second kappa shape index (κ2) is 23.1. The molecule has 0 aromatic heterocycles. The van der Waals surface area contributed by atoms with Crippen LogP contribution in [0.3, 0.4) is 0 Å². The van der Waals surface area contributed by atoms with E-state index in [2.05, 4.69) is 82.2 Å². The highest BCUT2D eigenvalue weighted by Gasteiger charge is 2.17. The summed E-state index contributed by atoms with van der Waals surface area (Å²) in [6.45, 7) is 12.3. The molecule has 40 heavy (non-hydrogen) atoms. The molecular formula is C30H50Cl4N6. The van der Waals surface area contributed by atoms with Crippen LogP contribution in [0.4, 0.5) is 0 Å². The fourth-order valence-electron chi connectivity index (χ4n) is 4.49. The molecule has 4 N–H and O–H groups in total. The molecule has 0 unspecified atom stereocenters. The van der Waals surface area contributed by atoms with Crippen molar-refractivity contribution >= 4 is 61.3 Å². The van der Waals surface area contributed by atoms with Gasteiger partial charge in [-0.15, -0.1) is 49.6 Å². The Kier molecular flexibility index (Phi) is 23.4. The number of nitrogens with two attached hydrogens (primary N) is 2. The largest absolute Gasteiger partial charge is 0.384 e. The number of hydrogen-bond acceptors (Lipinski definition) is 4. The first-order chi connectivity index (χ1) is 17.6. The van der Waals surface area contributed by atoms with E-state index in [1.807, 2.05) is 0 Å². The maximum Gasteiger partial charge on any atom is 0.125 e. The van der Waals surface area contributed by atoms with Gasteiger partial charge in [-0.25, -0.2) is 0 Å². The van der Waals surface area contributed by atoms with Crippen LogP contribution in [0.2, 0.25) is 0 Å². The Balaban J connectivity index is 0. The molecule has 228 valence electrons. The fourth-order valence-corrected chi connectivity index (χ4v) is 4.49. The molecule has 0 aliphatic carbocycles. The Labute approximate surface area is 267 Å². The molecule has 0 atom stereocenters. The Morgan fingerprint density at radius 2 is 0.900 bits per heavy atom. The third kappa shape index (κ3) is 14.4. The Morgan fingerprint density at radius 3 is 1.20 bits per heavy atom. The van der Waals surface area contributed by atoms with Crippen molar-refractivity contribution in [2.24, 2.45) is 21.5 Å².